The number of carboxylic acids is 1. The van der Waals surface area contributed by atoms with Gasteiger partial charge in [0.15, 0.2) is 0 Å². The van der Waals surface area contributed by atoms with Gasteiger partial charge in [-0.25, -0.2) is 4.79 Å². The van der Waals surface area contributed by atoms with Gasteiger partial charge >= 0.3 is 5.97 Å². The molecule has 4 nitrogen and oxygen atoms in total. The van der Waals surface area contributed by atoms with Crippen LogP contribution in [0.2, 0.25) is 0 Å². The molecule has 0 saturated carbocycles. The number of aliphatic carboxylic acids is 1. The highest BCUT2D eigenvalue weighted by Gasteiger charge is 2.00. The standard InChI is InChI=1S/C17H17NO3/c1-13(10-17(19)20)18-15-8-5-9-16(11-15)21-12-14-6-3-2-4-7-14/h2-11,18H,12H2,1H3,(H,19,20). The number of hydrogen-bond donors (Lipinski definition) is 2. The monoisotopic (exact) mass is 283 g/mol. The van der Waals surface area contributed by atoms with Crippen LogP contribution in [0.4, 0.5) is 5.69 Å². The molecule has 0 aliphatic carbocycles. The highest BCUT2D eigenvalue weighted by atomic mass is 16.5. The highest BCUT2D eigenvalue weighted by Crippen LogP contribution is 2.19. The molecule has 2 aromatic carbocycles. The Kier molecular flexibility index (Phi) is 4.99. The number of nitrogens with one attached hydrogen (secondary N) is 1. The fourth-order valence-electron chi connectivity index (χ4n) is 1.85. The Bertz CT molecular complexity index is 635. The molecule has 0 atom stereocenters. The van der Waals surface area contributed by atoms with Crippen molar-refractivity contribution in [2.24, 2.45) is 0 Å². The lowest BCUT2D eigenvalue weighted by Crippen LogP contribution is -2.00. The molecule has 4 heteroatoms. The molecule has 0 heterocycles. The van der Waals surface area contributed by atoms with E-state index >= 15 is 0 Å². The second kappa shape index (κ2) is 7.14. The molecule has 2 rings (SSSR count). The predicted octanol–water partition coefficient (Wildman–Crippen LogP) is 3.67. The summed E-state index contributed by atoms with van der Waals surface area (Å²) in [7, 11) is 0. The molecular formula is C17H17NO3. The van der Waals surface area contributed by atoms with Gasteiger partial charge in [-0.1, -0.05) is 36.4 Å². The first-order chi connectivity index (χ1) is 10.1. The van der Waals surface area contributed by atoms with Gasteiger partial charge in [-0.2, -0.15) is 0 Å². The third kappa shape index (κ3) is 5.03. The third-order valence-electron chi connectivity index (χ3n) is 2.76. The summed E-state index contributed by atoms with van der Waals surface area (Å²) in [5, 5.41) is 11.7. The first-order valence-electron chi connectivity index (χ1n) is 6.58. The van der Waals surface area contributed by atoms with E-state index in [1.807, 2.05) is 54.6 Å². The van der Waals surface area contributed by atoms with Crippen molar-refractivity contribution >= 4 is 11.7 Å². The molecule has 0 aliphatic heterocycles. The summed E-state index contributed by atoms with van der Waals surface area (Å²) in [6.45, 7) is 2.19. The fourth-order valence-corrected chi connectivity index (χ4v) is 1.85. The van der Waals surface area contributed by atoms with Crippen LogP contribution in [0.15, 0.2) is 66.4 Å². The Morgan fingerprint density at radius 3 is 2.67 bits per heavy atom. The zero-order valence-corrected chi connectivity index (χ0v) is 11.7. The Balaban J connectivity index is 1.99. The number of benzene rings is 2. The topological polar surface area (TPSA) is 58.6 Å². The molecule has 2 aromatic rings. The molecule has 0 radical (unpaired) electrons. The van der Waals surface area contributed by atoms with Crippen molar-refractivity contribution in [3.63, 3.8) is 0 Å². The largest absolute Gasteiger partial charge is 0.489 e. The molecular weight excluding hydrogens is 266 g/mol. The minimum absolute atomic E-state index is 0.494. The minimum Gasteiger partial charge on any atom is -0.489 e. The second-order valence-electron chi connectivity index (χ2n) is 4.59. The molecule has 21 heavy (non-hydrogen) atoms. The van der Waals surface area contributed by atoms with Gasteiger partial charge in [-0.15, -0.1) is 0 Å². The number of rotatable bonds is 6. The highest BCUT2D eigenvalue weighted by molar-refractivity contribution is 5.81. The summed E-state index contributed by atoms with van der Waals surface area (Å²) in [6.07, 6.45) is 1.12. The van der Waals surface area contributed by atoms with Crippen LogP contribution in [0.25, 0.3) is 0 Å². The van der Waals surface area contributed by atoms with Gasteiger partial charge in [-0.3, -0.25) is 0 Å². The first-order valence-corrected chi connectivity index (χ1v) is 6.58. The summed E-state index contributed by atoms with van der Waals surface area (Å²) >= 11 is 0. The summed E-state index contributed by atoms with van der Waals surface area (Å²) in [5.41, 5.74) is 2.44. The summed E-state index contributed by atoms with van der Waals surface area (Å²) in [5.74, 6) is -0.247. The van der Waals surface area contributed by atoms with Crippen molar-refractivity contribution in [3.05, 3.63) is 71.9 Å². The minimum atomic E-state index is -0.975. The third-order valence-corrected chi connectivity index (χ3v) is 2.76. The quantitative estimate of drug-likeness (QED) is 0.794. The zero-order valence-electron chi connectivity index (χ0n) is 11.7. The van der Waals surface area contributed by atoms with Crippen molar-refractivity contribution in [1.29, 1.82) is 0 Å². The maximum atomic E-state index is 10.6. The second-order valence-corrected chi connectivity index (χ2v) is 4.59. The van der Waals surface area contributed by atoms with E-state index < -0.39 is 5.97 Å². The van der Waals surface area contributed by atoms with Crippen LogP contribution in [0, 0.1) is 0 Å². The molecule has 108 valence electrons. The fraction of sp³-hybridized carbons (Fsp3) is 0.118. The SMILES string of the molecule is CC(=CC(=O)O)Nc1cccc(OCc2ccccc2)c1. The van der Waals surface area contributed by atoms with Crippen molar-refractivity contribution in [3.8, 4) is 5.75 Å². The number of carbonyl (C=O) groups is 1. The Hall–Kier alpha value is -2.75. The van der Waals surface area contributed by atoms with E-state index in [0.717, 1.165) is 23.1 Å². The van der Waals surface area contributed by atoms with E-state index in [2.05, 4.69) is 5.32 Å². The van der Waals surface area contributed by atoms with Crippen LogP contribution in [0.1, 0.15) is 12.5 Å². The van der Waals surface area contributed by atoms with Gasteiger partial charge in [0, 0.05) is 23.5 Å². The molecule has 0 aromatic heterocycles. The van der Waals surface area contributed by atoms with Crippen molar-refractivity contribution in [1.82, 2.24) is 0 Å². The molecule has 0 amide bonds. The van der Waals surface area contributed by atoms with E-state index in [9.17, 15) is 4.79 Å². The number of anilines is 1. The van der Waals surface area contributed by atoms with Crippen LogP contribution in [0.5, 0.6) is 5.75 Å². The van der Waals surface area contributed by atoms with Crippen LogP contribution >= 0.6 is 0 Å². The molecule has 0 saturated heterocycles. The van der Waals surface area contributed by atoms with E-state index in [1.165, 1.54) is 0 Å². The van der Waals surface area contributed by atoms with Gasteiger partial charge in [0.2, 0.25) is 0 Å². The van der Waals surface area contributed by atoms with E-state index in [-0.39, 0.29) is 0 Å². The Morgan fingerprint density at radius 1 is 1.19 bits per heavy atom. The van der Waals surface area contributed by atoms with Crippen molar-refractivity contribution < 1.29 is 14.6 Å². The van der Waals surface area contributed by atoms with Crippen molar-refractivity contribution in [2.75, 3.05) is 5.32 Å². The number of ether oxygens (including phenoxy) is 1. The van der Waals surface area contributed by atoms with Gasteiger partial charge in [0.05, 0.1) is 0 Å². The molecule has 0 aliphatic rings. The average molecular weight is 283 g/mol. The zero-order chi connectivity index (χ0) is 15.1. The van der Waals surface area contributed by atoms with E-state index in [1.54, 1.807) is 6.92 Å². The van der Waals surface area contributed by atoms with Gasteiger partial charge in [0.1, 0.15) is 12.4 Å². The lowest BCUT2D eigenvalue weighted by molar-refractivity contribution is -0.131. The van der Waals surface area contributed by atoms with Gasteiger partial charge in [-0.05, 0) is 24.6 Å². The summed E-state index contributed by atoms with van der Waals surface area (Å²) in [6, 6.07) is 17.3. The summed E-state index contributed by atoms with van der Waals surface area (Å²) < 4.78 is 5.72. The molecule has 2 N–H and O–H groups in total. The molecule has 0 spiro atoms. The lowest BCUT2D eigenvalue weighted by Gasteiger charge is -2.10. The Labute approximate surface area is 123 Å². The van der Waals surface area contributed by atoms with Crippen LogP contribution in [-0.4, -0.2) is 11.1 Å². The van der Waals surface area contributed by atoms with Crippen LogP contribution in [0.3, 0.4) is 0 Å². The normalized spacial score (nSPS) is 11.0. The van der Waals surface area contributed by atoms with Crippen LogP contribution in [-0.2, 0) is 11.4 Å². The molecule has 0 bridgehead atoms. The average Bonchev–Trinajstić information content (AvgIpc) is 2.46. The molecule has 0 unspecified atom stereocenters. The van der Waals surface area contributed by atoms with E-state index in [4.69, 9.17) is 9.84 Å². The number of carboxylic acid groups (broad SMARTS) is 1. The lowest BCUT2D eigenvalue weighted by atomic mass is 10.2. The first kappa shape index (κ1) is 14.7. The van der Waals surface area contributed by atoms with Crippen LogP contribution < -0.4 is 10.1 Å². The number of hydrogen-bond acceptors (Lipinski definition) is 3. The van der Waals surface area contributed by atoms with Crippen molar-refractivity contribution in [2.45, 2.75) is 13.5 Å². The smallest absolute Gasteiger partial charge is 0.330 e. The molecule has 0 fully saturated rings. The summed E-state index contributed by atoms with van der Waals surface area (Å²) in [4.78, 5) is 10.6. The Morgan fingerprint density at radius 2 is 1.95 bits per heavy atom. The van der Waals surface area contributed by atoms with Gasteiger partial charge < -0.3 is 15.2 Å². The number of allylic oxidation sites excluding steroid dienone is 1. The van der Waals surface area contributed by atoms with Gasteiger partial charge in [0.25, 0.3) is 0 Å². The van der Waals surface area contributed by atoms with E-state index in [0.29, 0.717) is 12.3 Å². The maximum absolute atomic E-state index is 10.6. The maximum Gasteiger partial charge on any atom is 0.330 e. The predicted molar refractivity (Wildman–Crippen MR) is 82.2 cm³/mol.